The molecule has 0 saturated carbocycles. The van der Waals surface area contributed by atoms with E-state index in [0.29, 0.717) is 10.6 Å². The number of nitriles is 1. The topological polar surface area (TPSA) is 185 Å². The standard InChI is InChI=1S/C28H22ClN7O6S/c1-36(2,3)13-21(37)33-34-23(27(40)32-24-22(29)25(38)17-6-4-5-7-18(17)26(24)39)19(12-30)20-14-43-28(31-20)15-8-10-16(11-9-15)35(41)42/h4-11,14,19H,13H2,1-3H3,(H-,32,33,37,38,40)/p+1/t19-/m0/s1. The van der Waals surface area contributed by atoms with Crippen LogP contribution in [0.2, 0.25) is 0 Å². The Morgan fingerprint density at radius 2 is 1.74 bits per heavy atom. The number of likely N-dealkylation sites (N-methyl/N-ethyl adjacent to an activating group) is 1. The molecule has 43 heavy (non-hydrogen) atoms. The zero-order valence-corrected chi connectivity index (χ0v) is 24.5. The van der Waals surface area contributed by atoms with Gasteiger partial charge in [0.1, 0.15) is 27.4 Å². The van der Waals surface area contributed by atoms with Crippen LogP contribution >= 0.6 is 22.9 Å². The summed E-state index contributed by atoms with van der Waals surface area (Å²) in [4.78, 5) is 66.9. The second kappa shape index (κ2) is 12.4. The second-order valence-corrected chi connectivity index (χ2v) is 11.5. The molecule has 2 aromatic carbocycles. The monoisotopic (exact) mass is 620 g/mol. The van der Waals surface area contributed by atoms with Gasteiger partial charge in [0.2, 0.25) is 11.6 Å². The third-order valence-electron chi connectivity index (χ3n) is 6.00. The molecule has 1 aromatic heterocycles. The number of rotatable bonds is 9. The molecule has 0 saturated heterocycles. The normalized spacial score (nSPS) is 14.1. The molecule has 2 amide bonds. The molecule has 0 unspecified atom stereocenters. The molecule has 0 fully saturated rings. The van der Waals surface area contributed by atoms with Gasteiger partial charge in [-0.2, -0.15) is 10.4 Å². The van der Waals surface area contributed by atoms with Crippen molar-refractivity contribution in [2.75, 3.05) is 27.7 Å². The highest BCUT2D eigenvalue weighted by Gasteiger charge is 2.35. The van der Waals surface area contributed by atoms with Crippen LogP contribution in [0.25, 0.3) is 10.6 Å². The van der Waals surface area contributed by atoms with Crippen molar-refractivity contribution in [3.05, 3.63) is 91.6 Å². The first-order chi connectivity index (χ1) is 20.3. The summed E-state index contributed by atoms with van der Waals surface area (Å²) in [7, 11) is 5.30. The molecule has 0 radical (unpaired) electrons. The van der Waals surface area contributed by atoms with Crippen LogP contribution in [0.5, 0.6) is 0 Å². The summed E-state index contributed by atoms with van der Waals surface area (Å²) in [5, 5.41) is 28.7. The number of hydrazone groups is 1. The molecule has 4 rings (SSSR count). The number of Topliss-reactive ketones (excluding diaryl/α,β-unsaturated/α-hetero) is 2. The number of nitro groups is 1. The maximum atomic E-state index is 13.6. The van der Waals surface area contributed by atoms with Crippen LogP contribution in [-0.4, -0.2) is 71.2 Å². The number of benzene rings is 2. The zero-order chi connectivity index (χ0) is 31.5. The molecule has 0 aliphatic heterocycles. The Morgan fingerprint density at radius 1 is 1.12 bits per heavy atom. The number of halogens is 1. The molecule has 1 aliphatic rings. The number of hydrogen-bond donors (Lipinski definition) is 2. The molecule has 1 aliphatic carbocycles. The van der Waals surface area contributed by atoms with Gasteiger partial charge in [-0.05, 0) is 12.1 Å². The van der Waals surface area contributed by atoms with E-state index >= 15 is 0 Å². The van der Waals surface area contributed by atoms with E-state index in [4.69, 9.17) is 11.6 Å². The van der Waals surface area contributed by atoms with Gasteiger partial charge in [0, 0.05) is 34.2 Å². The Labute approximate surface area is 253 Å². The van der Waals surface area contributed by atoms with Gasteiger partial charge in [0.05, 0.1) is 37.8 Å². The van der Waals surface area contributed by atoms with Crippen LogP contribution in [0.15, 0.2) is 69.7 Å². The van der Waals surface area contributed by atoms with Gasteiger partial charge in [-0.15, -0.1) is 11.3 Å². The maximum Gasteiger partial charge on any atom is 0.295 e. The molecule has 1 heterocycles. The van der Waals surface area contributed by atoms with Crippen LogP contribution in [-0.2, 0) is 9.59 Å². The minimum atomic E-state index is -1.44. The number of ketones is 2. The van der Waals surface area contributed by atoms with Gasteiger partial charge in [-0.1, -0.05) is 35.9 Å². The summed E-state index contributed by atoms with van der Waals surface area (Å²) in [6, 6.07) is 13.5. The van der Waals surface area contributed by atoms with Crippen LogP contribution < -0.4 is 10.7 Å². The predicted octanol–water partition coefficient (Wildman–Crippen LogP) is 3.15. The number of fused-ring (bicyclic) bond motifs is 1. The average Bonchev–Trinajstić information content (AvgIpc) is 3.45. The summed E-state index contributed by atoms with van der Waals surface area (Å²) >= 11 is 7.32. The van der Waals surface area contributed by atoms with Crippen LogP contribution in [0.4, 0.5) is 5.69 Å². The molecule has 15 heteroatoms. The van der Waals surface area contributed by atoms with Crippen molar-refractivity contribution in [2.24, 2.45) is 5.10 Å². The lowest BCUT2D eigenvalue weighted by molar-refractivity contribution is -0.862. The second-order valence-electron chi connectivity index (χ2n) is 10.3. The van der Waals surface area contributed by atoms with Crippen LogP contribution in [0, 0.1) is 21.4 Å². The van der Waals surface area contributed by atoms with Crippen LogP contribution in [0.1, 0.15) is 32.3 Å². The summed E-state index contributed by atoms with van der Waals surface area (Å²) in [5.41, 5.74) is 1.87. The maximum absolute atomic E-state index is 13.6. The van der Waals surface area contributed by atoms with Crippen LogP contribution in [0.3, 0.4) is 0 Å². The predicted molar refractivity (Wildman–Crippen MR) is 157 cm³/mol. The average molecular weight is 621 g/mol. The third-order valence-corrected chi connectivity index (χ3v) is 7.27. The summed E-state index contributed by atoms with van der Waals surface area (Å²) in [6.07, 6.45) is 0. The number of hydrogen-bond acceptors (Lipinski definition) is 10. The van der Waals surface area contributed by atoms with E-state index < -0.39 is 50.7 Å². The fraction of sp³-hybridized carbons (Fsp3) is 0.179. The Kier molecular flexibility index (Phi) is 8.90. The van der Waals surface area contributed by atoms with E-state index in [9.17, 15) is 34.6 Å². The number of carbonyl (C=O) groups is 4. The fourth-order valence-corrected chi connectivity index (χ4v) is 5.10. The molecule has 2 N–H and O–H groups in total. The van der Waals surface area contributed by atoms with Gasteiger partial charge in [0.25, 0.3) is 17.5 Å². The van der Waals surface area contributed by atoms with Crippen molar-refractivity contribution >= 4 is 57.7 Å². The number of nitrogens with one attached hydrogen (secondary N) is 2. The number of aromatic nitrogens is 1. The minimum Gasteiger partial charge on any atom is -0.323 e. The lowest BCUT2D eigenvalue weighted by Crippen LogP contribution is -2.44. The van der Waals surface area contributed by atoms with Gasteiger partial charge in [0.15, 0.2) is 6.54 Å². The van der Waals surface area contributed by atoms with E-state index in [1.54, 1.807) is 33.3 Å². The SMILES string of the molecule is C[N+](C)(C)CC(=O)N/N=C(/C(=O)NC1=C(Cl)C(=O)c2ccccc2C1=O)[C@@H](C#N)c1csc(-c2ccc([N+](=O)[O-])cc2)n1. The third kappa shape index (κ3) is 6.87. The van der Waals surface area contributed by atoms with Crippen molar-refractivity contribution in [3.8, 4) is 16.6 Å². The number of amides is 2. The number of nitrogens with zero attached hydrogens (tertiary/aromatic N) is 5. The highest BCUT2D eigenvalue weighted by atomic mass is 35.5. The summed E-state index contributed by atoms with van der Waals surface area (Å²) in [5.74, 6) is -4.46. The zero-order valence-electron chi connectivity index (χ0n) is 23.0. The first-order valence-electron chi connectivity index (χ1n) is 12.5. The fourth-order valence-electron chi connectivity index (χ4n) is 4.01. The van der Waals surface area contributed by atoms with Gasteiger partial charge in [-0.25, -0.2) is 10.4 Å². The molecule has 0 spiro atoms. The molecular weight excluding hydrogens is 598 g/mol. The van der Waals surface area contributed by atoms with E-state index in [0.717, 1.165) is 11.3 Å². The Bertz CT molecular complexity index is 1770. The summed E-state index contributed by atoms with van der Waals surface area (Å²) in [6.45, 7) is -0.0165. The first-order valence-corrected chi connectivity index (χ1v) is 13.7. The van der Waals surface area contributed by atoms with E-state index in [-0.39, 0.29) is 33.5 Å². The first kappa shape index (κ1) is 30.8. The van der Waals surface area contributed by atoms with E-state index in [1.807, 2.05) is 6.07 Å². The number of thiazole rings is 1. The number of nitro benzene ring substituents is 1. The van der Waals surface area contributed by atoms with Gasteiger partial charge >= 0.3 is 0 Å². The lowest BCUT2D eigenvalue weighted by atomic mass is 9.92. The molecule has 218 valence electrons. The largest absolute Gasteiger partial charge is 0.323 e. The van der Waals surface area contributed by atoms with Crippen molar-refractivity contribution in [1.29, 1.82) is 5.26 Å². The Morgan fingerprint density at radius 3 is 2.33 bits per heavy atom. The molecule has 3 aromatic rings. The highest BCUT2D eigenvalue weighted by molar-refractivity contribution is 7.13. The minimum absolute atomic E-state index is 0.0165. The Hall–Kier alpha value is -5.10. The number of allylic oxidation sites excluding steroid dienone is 2. The van der Waals surface area contributed by atoms with Crippen molar-refractivity contribution < 1.29 is 28.6 Å². The van der Waals surface area contributed by atoms with Crippen molar-refractivity contribution in [1.82, 2.24) is 15.7 Å². The summed E-state index contributed by atoms with van der Waals surface area (Å²) < 4.78 is 0.244. The highest BCUT2D eigenvalue weighted by Crippen LogP contribution is 2.30. The lowest BCUT2D eigenvalue weighted by Gasteiger charge is -2.22. The van der Waals surface area contributed by atoms with Gasteiger partial charge < -0.3 is 9.80 Å². The van der Waals surface area contributed by atoms with Crippen molar-refractivity contribution in [3.63, 3.8) is 0 Å². The molecule has 1 atom stereocenters. The van der Waals surface area contributed by atoms with Crippen molar-refractivity contribution in [2.45, 2.75) is 5.92 Å². The van der Waals surface area contributed by atoms with E-state index in [2.05, 4.69) is 20.8 Å². The van der Waals surface area contributed by atoms with E-state index in [1.165, 1.54) is 41.8 Å². The number of quaternary nitrogens is 1. The number of carbonyl (C=O) groups excluding carboxylic acids is 4. The molecule has 0 bridgehead atoms. The molecule has 13 nitrogen and oxygen atoms in total. The smallest absolute Gasteiger partial charge is 0.295 e. The number of non-ortho nitro benzene ring substituents is 1. The van der Waals surface area contributed by atoms with Gasteiger partial charge in [-0.3, -0.25) is 29.3 Å². The Balaban J connectivity index is 1.69. The molecular formula is C28H23ClN7O6S+. The quantitative estimate of drug-likeness (QED) is 0.158.